The molecule has 0 aliphatic carbocycles. The predicted octanol–water partition coefficient (Wildman–Crippen LogP) is 3.28. The number of rotatable bonds is 17. The van der Waals surface area contributed by atoms with Gasteiger partial charge in [0.25, 0.3) is 0 Å². The number of carbonyl (C=O) groups is 1. The fourth-order valence-corrected chi connectivity index (χ4v) is 3.81. The first-order chi connectivity index (χ1) is 18.4. The number of halogens is 3. The number of benzene rings is 1. The minimum absolute atomic E-state index is 0.0146. The number of alkyl carbamates (subject to hydrolysis) is 1. The Morgan fingerprint density at radius 1 is 1.03 bits per heavy atom. The van der Waals surface area contributed by atoms with E-state index in [4.69, 9.17) is 28.8 Å². The first-order valence-electron chi connectivity index (χ1n) is 13.0. The van der Waals surface area contributed by atoms with Gasteiger partial charge in [-0.1, -0.05) is 12.1 Å². The fourth-order valence-electron chi connectivity index (χ4n) is 3.81. The van der Waals surface area contributed by atoms with Gasteiger partial charge in [-0.25, -0.2) is 4.79 Å². The van der Waals surface area contributed by atoms with Crippen molar-refractivity contribution >= 4 is 6.09 Å². The third kappa shape index (κ3) is 15.3. The molecule has 224 valence electrons. The van der Waals surface area contributed by atoms with Crippen LogP contribution in [0.1, 0.15) is 38.8 Å². The van der Waals surface area contributed by atoms with Crippen LogP contribution in [0.4, 0.5) is 18.0 Å². The number of carbonyl (C=O) groups excluding carboxylic acids is 1. The maximum absolute atomic E-state index is 12.5. The summed E-state index contributed by atoms with van der Waals surface area (Å²) in [6, 6.07) is 7.03. The van der Waals surface area contributed by atoms with Gasteiger partial charge >= 0.3 is 12.5 Å². The van der Waals surface area contributed by atoms with Crippen LogP contribution in [0.25, 0.3) is 0 Å². The molecule has 2 atom stereocenters. The monoisotopic (exact) mass is 566 g/mol. The van der Waals surface area contributed by atoms with Gasteiger partial charge in [0.05, 0.1) is 58.4 Å². The molecule has 0 aromatic heterocycles. The summed E-state index contributed by atoms with van der Waals surface area (Å²) >= 11 is 0. The Morgan fingerprint density at radius 3 is 2.28 bits per heavy atom. The lowest BCUT2D eigenvalue weighted by Crippen LogP contribution is -2.40. The molecule has 1 aromatic carbocycles. The highest BCUT2D eigenvalue weighted by Gasteiger charge is 2.29. The van der Waals surface area contributed by atoms with Crippen molar-refractivity contribution < 1.29 is 51.5 Å². The molecular weight excluding hydrogens is 525 g/mol. The highest BCUT2D eigenvalue weighted by Crippen LogP contribution is 2.23. The van der Waals surface area contributed by atoms with E-state index in [9.17, 15) is 18.0 Å². The van der Waals surface area contributed by atoms with Crippen molar-refractivity contribution in [1.29, 1.82) is 0 Å². The maximum atomic E-state index is 12.5. The van der Waals surface area contributed by atoms with Gasteiger partial charge in [0.2, 0.25) is 0 Å². The standard InChI is InChI=1S/C26H41F3N2O8/c1-25(2,3)39-24(33)30-23(20-4-6-21(7-5-20)36-11-10-32)19-31-9-8-22(18-31)37-16-14-34-12-13-35-15-17-38-26(27,28)29/h4-7,22-23,32H,8-19H2,1-3H3,(H,30,33)/t22-,23+/m0/s1. The molecule has 0 unspecified atom stereocenters. The molecule has 1 fully saturated rings. The SMILES string of the molecule is CC(C)(C)OC(=O)N[C@H](CN1CC[C@H](OCCOCCOCCOC(F)(F)F)C1)c1ccc(OCCO)cc1. The van der Waals surface area contributed by atoms with Crippen molar-refractivity contribution in [3.63, 3.8) is 0 Å². The quantitative estimate of drug-likeness (QED) is 0.275. The number of likely N-dealkylation sites (tertiary alicyclic amines) is 1. The summed E-state index contributed by atoms with van der Waals surface area (Å²) in [6.07, 6.45) is -4.31. The first-order valence-corrected chi connectivity index (χ1v) is 13.0. The number of aliphatic hydroxyl groups excluding tert-OH is 1. The molecule has 1 saturated heterocycles. The van der Waals surface area contributed by atoms with E-state index in [2.05, 4.69) is 15.0 Å². The van der Waals surface area contributed by atoms with E-state index >= 15 is 0 Å². The molecule has 2 N–H and O–H groups in total. The van der Waals surface area contributed by atoms with Crippen molar-refractivity contribution in [2.45, 2.75) is 51.3 Å². The molecule has 0 spiro atoms. The Morgan fingerprint density at radius 2 is 1.67 bits per heavy atom. The van der Waals surface area contributed by atoms with E-state index in [-0.39, 0.29) is 45.2 Å². The summed E-state index contributed by atoms with van der Waals surface area (Å²) in [5.74, 6) is 0.628. The lowest BCUT2D eigenvalue weighted by Gasteiger charge is -2.27. The van der Waals surface area contributed by atoms with Crippen LogP contribution < -0.4 is 10.1 Å². The Hall–Kier alpha value is -2.16. The largest absolute Gasteiger partial charge is 0.522 e. The lowest BCUT2D eigenvalue weighted by atomic mass is 10.1. The topological polar surface area (TPSA) is 108 Å². The Bertz CT molecular complexity index is 821. The van der Waals surface area contributed by atoms with Gasteiger partial charge in [-0.15, -0.1) is 13.2 Å². The third-order valence-corrected chi connectivity index (χ3v) is 5.45. The molecule has 39 heavy (non-hydrogen) atoms. The van der Waals surface area contributed by atoms with E-state index in [0.717, 1.165) is 18.5 Å². The van der Waals surface area contributed by atoms with Crippen molar-refractivity contribution in [2.75, 3.05) is 72.5 Å². The normalized spacial score (nSPS) is 17.3. The Balaban J connectivity index is 1.73. The fraction of sp³-hybridized carbons (Fsp3) is 0.731. The lowest BCUT2D eigenvalue weighted by molar-refractivity contribution is -0.327. The smallest absolute Gasteiger partial charge is 0.491 e. The molecular formula is C26H41F3N2O8. The molecule has 1 aliphatic heterocycles. The molecule has 1 aromatic rings. The number of amides is 1. The van der Waals surface area contributed by atoms with Gasteiger partial charge < -0.3 is 34.1 Å². The molecule has 2 rings (SSSR count). The number of hydrogen-bond donors (Lipinski definition) is 2. The number of nitrogens with one attached hydrogen (secondary N) is 1. The molecule has 0 bridgehead atoms. The van der Waals surface area contributed by atoms with Crippen molar-refractivity contribution in [3.05, 3.63) is 29.8 Å². The average Bonchev–Trinajstić information content (AvgIpc) is 3.29. The van der Waals surface area contributed by atoms with Crippen molar-refractivity contribution in [1.82, 2.24) is 10.2 Å². The van der Waals surface area contributed by atoms with Crippen LogP contribution in [0.3, 0.4) is 0 Å². The third-order valence-electron chi connectivity index (χ3n) is 5.45. The van der Waals surface area contributed by atoms with Crippen LogP contribution in [-0.2, 0) is 23.7 Å². The second-order valence-electron chi connectivity index (χ2n) is 9.90. The molecule has 13 heteroatoms. The van der Waals surface area contributed by atoms with Gasteiger partial charge in [-0.2, -0.15) is 0 Å². The van der Waals surface area contributed by atoms with E-state index in [0.29, 0.717) is 32.1 Å². The average molecular weight is 567 g/mol. The van der Waals surface area contributed by atoms with Gasteiger partial charge in [0.1, 0.15) is 18.0 Å². The molecule has 1 aliphatic rings. The van der Waals surface area contributed by atoms with Crippen molar-refractivity contribution in [2.24, 2.45) is 0 Å². The Labute approximate surface area is 227 Å². The minimum Gasteiger partial charge on any atom is -0.491 e. The van der Waals surface area contributed by atoms with Gasteiger partial charge in [0, 0.05) is 19.6 Å². The van der Waals surface area contributed by atoms with Gasteiger partial charge in [0.15, 0.2) is 0 Å². The summed E-state index contributed by atoms with van der Waals surface area (Å²) in [4.78, 5) is 14.7. The summed E-state index contributed by atoms with van der Waals surface area (Å²) in [7, 11) is 0. The van der Waals surface area contributed by atoms with E-state index in [1.807, 2.05) is 32.9 Å². The van der Waals surface area contributed by atoms with Crippen LogP contribution in [-0.4, -0.2) is 107 Å². The van der Waals surface area contributed by atoms with Crippen LogP contribution in [0, 0.1) is 0 Å². The zero-order valence-corrected chi connectivity index (χ0v) is 22.8. The Kier molecular flexibility index (Phi) is 14.3. The second-order valence-corrected chi connectivity index (χ2v) is 9.90. The van der Waals surface area contributed by atoms with Crippen molar-refractivity contribution in [3.8, 4) is 5.75 Å². The van der Waals surface area contributed by atoms with Crippen LogP contribution in [0.15, 0.2) is 24.3 Å². The highest BCUT2D eigenvalue weighted by atomic mass is 19.4. The van der Waals surface area contributed by atoms with Crippen LogP contribution >= 0.6 is 0 Å². The molecule has 1 heterocycles. The molecule has 0 saturated carbocycles. The summed E-state index contributed by atoms with van der Waals surface area (Å²) in [5.41, 5.74) is 0.265. The number of ether oxygens (including phenoxy) is 6. The predicted molar refractivity (Wildman–Crippen MR) is 136 cm³/mol. The zero-order chi connectivity index (χ0) is 28.7. The second kappa shape index (κ2) is 16.8. The van der Waals surface area contributed by atoms with Gasteiger partial charge in [-0.05, 0) is 44.9 Å². The minimum atomic E-state index is -4.65. The van der Waals surface area contributed by atoms with E-state index in [1.165, 1.54) is 0 Å². The van der Waals surface area contributed by atoms with Crippen LogP contribution in [0.5, 0.6) is 5.75 Å². The number of hydrogen-bond acceptors (Lipinski definition) is 9. The van der Waals surface area contributed by atoms with E-state index < -0.39 is 24.7 Å². The number of nitrogens with zero attached hydrogens (tertiary/aromatic N) is 1. The summed E-state index contributed by atoms with van der Waals surface area (Å²) in [6.45, 7) is 8.00. The summed E-state index contributed by atoms with van der Waals surface area (Å²) in [5, 5.41) is 11.9. The molecule has 10 nitrogen and oxygen atoms in total. The first kappa shape index (κ1) is 33.0. The highest BCUT2D eigenvalue weighted by molar-refractivity contribution is 5.68. The molecule has 0 radical (unpaired) electrons. The molecule has 1 amide bonds. The van der Waals surface area contributed by atoms with Gasteiger partial charge in [-0.3, -0.25) is 9.64 Å². The van der Waals surface area contributed by atoms with Crippen LogP contribution in [0.2, 0.25) is 0 Å². The number of aliphatic hydroxyl groups is 1. The number of alkyl halides is 3. The zero-order valence-electron chi connectivity index (χ0n) is 22.8. The summed E-state index contributed by atoms with van der Waals surface area (Å²) < 4.78 is 66.4. The maximum Gasteiger partial charge on any atom is 0.522 e. The van der Waals surface area contributed by atoms with E-state index in [1.54, 1.807) is 12.1 Å².